The lowest BCUT2D eigenvalue weighted by Crippen LogP contribution is -2.07. The smallest absolute Gasteiger partial charge is 0.271 e. The largest absolute Gasteiger partial charge is 0.426 e. The molecule has 0 aliphatic heterocycles. The number of hydrogen-bond acceptors (Lipinski definition) is 6. The maximum atomic E-state index is 12.3. The summed E-state index contributed by atoms with van der Waals surface area (Å²) in [5.74, 6) is -0.0597. The number of non-ortho nitro benzene ring substituents is 1. The molecule has 5 aromatic rings. The number of nitrogens with zero attached hydrogens (tertiary/aromatic N) is 5. The summed E-state index contributed by atoms with van der Waals surface area (Å²) in [7, 11) is 0. The van der Waals surface area contributed by atoms with Gasteiger partial charge in [-0.2, -0.15) is 4.73 Å². The Morgan fingerprint density at radius 3 is 2.51 bits per heavy atom. The monoisotopic (exact) mass is 466 g/mol. The molecule has 1 amide bonds. The Morgan fingerprint density at radius 2 is 1.83 bits per heavy atom. The molecule has 0 spiro atoms. The van der Waals surface area contributed by atoms with Crippen molar-refractivity contribution in [2.24, 2.45) is 0 Å². The molecular formula is C25H18N6O4. The molecule has 10 nitrogen and oxygen atoms in total. The van der Waals surface area contributed by atoms with Crippen LogP contribution in [0.1, 0.15) is 5.56 Å². The van der Waals surface area contributed by atoms with Crippen LogP contribution in [-0.4, -0.2) is 35.3 Å². The van der Waals surface area contributed by atoms with Crippen molar-refractivity contribution in [2.75, 3.05) is 5.32 Å². The Kier molecular flexibility index (Phi) is 5.52. The molecule has 2 aromatic heterocycles. The van der Waals surface area contributed by atoms with Crippen LogP contribution in [0.4, 0.5) is 11.4 Å². The van der Waals surface area contributed by atoms with E-state index in [4.69, 9.17) is 0 Å². The van der Waals surface area contributed by atoms with Gasteiger partial charge < -0.3 is 15.1 Å². The van der Waals surface area contributed by atoms with Crippen LogP contribution >= 0.6 is 0 Å². The Balaban J connectivity index is 1.26. The highest BCUT2D eigenvalue weighted by Crippen LogP contribution is 2.27. The number of aromatic nitrogens is 4. The van der Waals surface area contributed by atoms with Gasteiger partial charge in [0.2, 0.25) is 5.91 Å². The minimum atomic E-state index is -0.533. The van der Waals surface area contributed by atoms with Crippen LogP contribution < -0.4 is 5.32 Å². The van der Waals surface area contributed by atoms with E-state index < -0.39 is 4.92 Å². The molecule has 0 aliphatic carbocycles. The van der Waals surface area contributed by atoms with Crippen molar-refractivity contribution in [1.29, 1.82) is 0 Å². The second-order valence-corrected chi connectivity index (χ2v) is 7.64. The highest BCUT2D eigenvalue weighted by molar-refractivity contribution is 6.02. The highest BCUT2D eigenvalue weighted by atomic mass is 16.6. The van der Waals surface area contributed by atoms with Crippen molar-refractivity contribution in [3.8, 4) is 17.1 Å². The number of nitro benzene ring substituents is 1. The van der Waals surface area contributed by atoms with Crippen LogP contribution in [0.15, 0.2) is 91.5 Å². The lowest BCUT2D eigenvalue weighted by atomic mass is 10.2. The van der Waals surface area contributed by atoms with Crippen LogP contribution in [0.3, 0.4) is 0 Å². The molecule has 0 unspecified atom stereocenters. The zero-order valence-corrected chi connectivity index (χ0v) is 18.1. The van der Waals surface area contributed by atoms with Gasteiger partial charge >= 0.3 is 0 Å². The van der Waals surface area contributed by atoms with Crippen molar-refractivity contribution >= 4 is 34.4 Å². The molecule has 2 heterocycles. The van der Waals surface area contributed by atoms with Crippen LogP contribution in [-0.2, 0) is 4.79 Å². The molecular weight excluding hydrogens is 448 g/mol. The SMILES string of the molecule is O=C(/C=C/c1ccc(-n2ccnc2)cc1)Nc1ccc(-c2nc3ccc([N+](=O)[O-])cc3n2O)cc1. The average molecular weight is 466 g/mol. The van der Waals surface area contributed by atoms with E-state index in [1.165, 1.54) is 24.3 Å². The summed E-state index contributed by atoms with van der Waals surface area (Å²) in [6, 6.07) is 18.5. The Hall–Kier alpha value is -5.25. The fraction of sp³-hybridized carbons (Fsp3) is 0. The highest BCUT2D eigenvalue weighted by Gasteiger charge is 2.15. The molecule has 0 fully saturated rings. The van der Waals surface area contributed by atoms with Crippen LogP contribution in [0.5, 0.6) is 0 Å². The quantitative estimate of drug-likeness (QED) is 0.162. The van der Waals surface area contributed by atoms with E-state index in [1.807, 2.05) is 35.0 Å². The van der Waals surface area contributed by atoms with E-state index in [0.717, 1.165) is 16.0 Å². The number of fused-ring (bicyclic) bond motifs is 1. The number of rotatable bonds is 6. The number of nitrogens with one attached hydrogen (secondary N) is 1. The standard InChI is InChI=1S/C25H18N6O4/c32-24(12-3-17-1-8-20(9-2-17)29-14-13-26-16-29)27-19-6-4-18(5-7-19)25-28-22-11-10-21(31(34)35)15-23(22)30(25)33/h1-16,33H,(H,27,32)/b12-3+. The van der Waals surface area contributed by atoms with E-state index in [9.17, 15) is 20.1 Å². The van der Waals surface area contributed by atoms with Crippen molar-refractivity contribution < 1.29 is 14.9 Å². The first kappa shape index (κ1) is 21.6. The van der Waals surface area contributed by atoms with Gasteiger partial charge in [-0.05, 0) is 54.1 Å². The van der Waals surface area contributed by atoms with E-state index in [-0.39, 0.29) is 22.9 Å². The molecule has 5 rings (SSSR count). The number of nitro groups is 1. The molecule has 0 saturated heterocycles. The fourth-order valence-corrected chi connectivity index (χ4v) is 3.58. The van der Waals surface area contributed by atoms with Gasteiger partial charge in [-0.25, -0.2) is 9.97 Å². The molecule has 0 saturated carbocycles. The number of benzene rings is 3. The molecule has 172 valence electrons. The molecule has 0 aliphatic rings. The summed E-state index contributed by atoms with van der Waals surface area (Å²) in [5, 5.41) is 24.2. The van der Waals surface area contributed by atoms with E-state index in [0.29, 0.717) is 16.8 Å². The van der Waals surface area contributed by atoms with Gasteiger partial charge in [0, 0.05) is 47.5 Å². The summed E-state index contributed by atoms with van der Waals surface area (Å²) in [5.41, 5.74) is 3.51. The summed E-state index contributed by atoms with van der Waals surface area (Å²) in [6.07, 6.45) is 8.44. The van der Waals surface area contributed by atoms with Gasteiger partial charge in [0.15, 0.2) is 5.82 Å². The van der Waals surface area contributed by atoms with Crippen LogP contribution in [0.2, 0.25) is 0 Å². The molecule has 0 radical (unpaired) electrons. The summed E-state index contributed by atoms with van der Waals surface area (Å²) in [4.78, 5) is 31.2. The van der Waals surface area contributed by atoms with Crippen molar-refractivity contribution in [3.63, 3.8) is 0 Å². The van der Waals surface area contributed by atoms with Crippen molar-refractivity contribution in [2.45, 2.75) is 0 Å². The molecule has 35 heavy (non-hydrogen) atoms. The minimum Gasteiger partial charge on any atom is -0.426 e. The van der Waals surface area contributed by atoms with E-state index >= 15 is 0 Å². The average Bonchev–Trinajstić information content (AvgIpc) is 3.52. The van der Waals surface area contributed by atoms with Crippen molar-refractivity contribution in [3.05, 3.63) is 107 Å². The van der Waals surface area contributed by atoms with Gasteiger partial charge in [-0.3, -0.25) is 14.9 Å². The zero-order chi connectivity index (χ0) is 24.4. The maximum Gasteiger partial charge on any atom is 0.271 e. The third kappa shape index (κ3) is 4.48. The number of carbonyl (C=O) groups excluding carboxylic acids is 1. The first-order chi connectivity index (χ1) is 17.0. The Morgan fingerprint density at radius 1 is 1.06 bits per heavy atom. The number of hydrogen-bond donors (Lipinski definition) is 2. The predicted octanol–water partition coefficient (Wildman–Crippen LogP) is 4.69. The van der Waals surface area contributed by atoms with Crippen molar-refractivity contribution in [1.82, 2.24) is 19.3 Å². The normalized spacial score (nSPS) is 11.2. The first-order valence-electron chi connectivity index (χ1n) is 10.5. The Labute approximate surface area is 198 Å². The lowest BCUT2D eigenvalue weighted by molar-refractivity contribution is -0.384. The summed E-state index contributed by atoms with van der Waals surface area (Å²) < 4.78 is 2.70. The van der Waals surface area contributed by atoms with Gasteiger partial charge in [-0.15, -0.1) is 0 Å². The number of anilines is 1. The second kappa shape index (κ2) is 8.94. The van der Waals surface area contributed by atoms with Gasteiger partial charge in [0.25, 0.3) is 5.69 Å². The van der Waals surface area contributed by atoms with Crippen LogP contribution in [0.25, 0.3) is 34.2 Å². The maximum absolute atomic E-state index is 12.3. The number of carbonyl (C=O) groups is 1. The first-order valence-corrected chi connectivity index (χ1v) is 10.5. The van der Waals surface area contributed by atoms with Gasteiger partial charge in [-0.1, -0.05) is 12.1 Å². The lowest BCUT2D eigenvalue weighted by Gasteiger charge is -2.05. The van der Waals surface area contributed by atoms with E-state index in [1.54, 1.807) is 42.9 Å². The topological polar surface area (TPSA) is 128 Å². The molecule has 0 bridgehead atoms. The van der Waals surface area contributed by atoms with Gasteiger partial charge in [0.1, 0.15) is 5.52 Å². The Bertz CT molecular complexity index is 1550. The number of imidazole rings is 2. The third-order valence-electron chi connectivity index (χ3n) is 5.36. The van der Waals surface area contributed by atoms with Crippen LogP contribution in [0, 0.1) is 10.1 Å². The molecule has 3 aromatic carbocycles. The fourth-order valence-electron chi connectivity index (χ4n) is 3.58. The summed E-state index contributed by atoms with van der Waals surface area (Å²) in [6.45, 7) is 0. The molecule has 0 atom stereocenters. The third-order valence-corrected chi connectivity index (χ3v) is 5.36. The van der Waals surface area contributed by atoms with E-state index in [2.05, 4.69) is 15.3 Å². The predicted molar refractivity (Wildman–Crippen MR) is 130 cm³/mol. The molecule has 10 heteroatoms. The minimum absolute atomic E-state index is 0.139. The second-order valence-electron chi connectivity index (χ2n) is 7.64. The molecule has 2 N–H and O–H groups in total. The summed E-state index contributed by atoms with van der Waals surface area (Å²) >= 11 is 0. The zero-order valence-electron chi connectivity index (χ0n) is 18.1. The number of amides is 1. The van der Waals surface area contributed by atoms with Gasteiger partial charge in [0.05, 0.1) is 16.8 Å².